The molecule has 0 bridgehead atoms. The Kier molecular flexibility index (Phi) is 10.5. The molecule has 0 atom stereocenters. The Balaban J connectivity index is 0.963. The molecule has 1 aliphatic heterocycles. The molecule has 5 heteroatoms. The Bertz CT molecular complexity index is 4010. The highest BCUT2D eigenvalue weighted by atomic mass is 16.5. The monoisotopic (exact) mass is 949 g/mol. The van der Waals surface area contributed by atoms with Crippen LogP contribution in [0.15, 0.2) is 231 Å². The standard InChI is InChI=1S/C68H58N4O/c1-67(2,3)51-36-34-48(35-37-51)55-29-19-30-56(50-25-17-24-49(40-50)46-20-9-7-10-21-46)66(55)71-45-70(62-32-15-16-33-63(62)71)52-26-18-27-53(41-52)73-54-38-39-58-57-28-13-14-31-61(57)72(64(58)42-54)65-43-60(68(4,5)6)59(44-69-65)47-22-11-8-12-23-47/h7-44H,45H2,1-6H3/i18D,26D,27D. The highest BCUT2D eigenvalue weighted by Crippen LogP contribution is 2.51. The molecule has 1 aliphatic rings. The van der Waals surface area contributed by atoms with Crippen LogP contribution < -0.4 is 14.5 Å². The summed E-state index contributed by atoms with van der Waals surface area (Å²) in [6.07, 6.45) is 1.99. The van der Waals surface area contributed by atoms with Gasteiger partial charge in [0.1, 0.15) is 24.0 Å². The van der Waals surface area contributed by atoms with Gasteiger partial charge < -0.3 is 14.5 Å². The predicted octanol–water partition coefficient (Wildman–Crippen LogP) is 18.5. The smallest absolute Gasteiger partial charge is 0.137 e. The summed E-state index contributed by atoms with van der Waals surface area (Å²) < 4.78 is 37.0. The molecule has 0 spiro atoms. The zero-order valence-corrected chi connectivity index (χ0v) is 42.1. The van der Waals surface area contributed by atoms with Gasteiger partial charge in [0.25, 0.3) is 0 Å². The van der Waals surface area contributed by atoms with Gasteiger partial charge in [0.05, 0.1) is 32.2 Å². The average Bonchev–Trinajstić information content (AvgIpc) is 4.03. The van der Waals surface area contributed by atoms with Gasteiger partial charge in [0.15, 0.2) is 0 Å². The number of nitrogens with zero attached hydrogens (tertiary/aromatic N) is 4. The van der Waals surface area contributed by atoms with Gasteiger partial charge in [-0.2, -0.15) is 0 Å². The second-order valence-electron chi connectivity index (χ2n) is 21.1. The minimum atomic E-state index is -0.214. The number of pyridine rings is 1. The van der Waals surface area contributed by atoms with Crippen molar-refractivity contribution >= 4 is 44.6 Å². The molecule has 9 aromatic carbocycles. The SMILES string of the molecule is [2H]c1c(Oc2ccc3c4ccccc4n(-c4cc(C(C)(C)C)c(-c5ccccc5)cn4)c3c2)cc(N2CN(c3c(-c4ccc(C(C)(C)C)cc4)cccc3-c3cccc(-c4ccccc4)c3)c3ccccc32)c([2H])c1[2H]. The molecule has 0 aliphatic carbocycles. The maximum atomic E-state index is 9.51. The largest absolute Gasteiger partial charge is 0.457 e. The van der Waals surface area contributed by atoms with Crippen molar-refractivity contribution in [2.75, 3.05) is 16.5 Å². The fraction of sp³-hybridized carbons (Fsp3) is 0.132. The zero-order valence-electron chi connectivity index (χ0n) is 45.1. The first-order valence-electron chi connectivity index (χ1n) is 26.6. The van der Waals surface area contributed by atoms with E-state index in [2.05, 4.69) is 226 Å². The first-order chi connectivity index (χ1) is 36.7. The first-order valence-corrected chi connectivity index (χ1v) is 25.1. The third kappa shape index (κ3) is 8.51. The van der Waals surface area contributed by atoms with E-state index in [4.69, 9.17) is 9.72 Å². The Morgan fingerprint density at radius 1 is 0.466 bits per heavy atom. The topological polar surface area (TPSA) is 33.5 Å². The summed E-state index contributed by atoms with van der Waals surface area (Å²) in [4.78, 5) is 9.56. The number of hydrogen-bond acceptors (Lipinski definition) is 4. The molecule has 3 heterocycles. The maximum Gasteiger partial charge on any atom is 0.137 e. The number of aromatic nitrogens is 2. The number of ether oxygens (including phenoxy) is 1. The number of anilines is 4. The van der Waals surface area contributed by atoms with Crippen molar-refractivity contribution in [1.29, 1.82) is 0 Å². The van der Waals surface area contributed by atoms with E-state index >= 15 is 0 Å². The quantitative estimate of drug-likeness (QED) is 0.144. The Morgan fingerprint density at radius 3 is 1.82 bits per heavy atom. The van der Waals surface area contributed by atoms with Gasteiger partial charge in [-0.25, -0.2) is 4.98 Å². The Hall–Kier alpha value is -8.67. The van der Waals surface area contributed by atoms with Gasteiger partial charge in [-0.15, -0.1) is 0 Å². The summed E-state index contributed by atoms with van der Waals surface area (Å²) in [7, 11) is 0. The molecule has 0 fully saturated rings. The Labute approximate surface area is 433 Å². The van der Waals surface area contributed by atoms with Crippen molar-refractivity contribution in [3.63, 3.8) is 0 Å². The van der Waals surface area contributed by atoms with E-state index in [1.165, 1.54) is 11.1 Å². The van der Waals surface area contributed by atoms with E-state index in [0.29, 0.717) is 18.1 Å². The van der Waals surface area contributed by atoms with Gasteiger partial charge in [0, 0.05) is 51.5 Å². The molecule has 0 N–H and O–H groups in total. The molecule has 0 unspecified atom stereocenters. The van der Waals surface area contributed by atoms with Crippen LogP contribution in [0, 0.1) is 0 Å². The van der Waals surface area contributed by atoms with Crippen LogP contribution in [-0.4, -0.2) is 16.2 Å². The van der Waals surface area contributed by atoms with E-state index < -0.39 is 0 Å². The number of rotatable bonds is 9. The van der Waals surface area contributed by atoms with E-state index in [1.54, 1.807) is 6.07 Å². The number of fused-ring (bicyclic) bond motifs is 4. The molecular formula is C68H58N4O. The van der Waals surface area contributed by atoms with E-state index in [1.807, 2.05) is 36.5 Å². The molecule has 12 rings (SSSR count). The lowest BCUT2D eigenvalue weighted by Crippen LogP contribution is -2.25. The van der Waals surface area contributed by atoms with Crippen LogP contribution in [0.1, 0.15) is 56.8 Å². The summed E-state index contributed by atoms with van der Waals surface area (Å²) in [5.74, 6) is 1.48. The summed E-state index contributed by atoms with van der Waals surface area (Å²) in [6, 6.07) is 71.3. The lowest BCUT2D eigenvalue weighted by atomic mass is 9.82. The fourth-order valence-corrected chi connectivity index (χ4v) is 10.5. The summed E-state index contributed by atoms with van der Waals surface area (Å²) in [5, 5.41) is 2.12. The summed E-state index contributed by atoms with van der Waals surface area (Å²) in [5.41, 5.74) is 16.3. The van der Waals surface area contributed by atoms with E-state index in [0.717, 1.165) is 89.2 Å². The van der Waals surface area contributed by atoms with Crippen molar-refractivity contribution in [2.45, 2.75) is 52.4 Å². The lowest BCUT2D eigenvalue weighted by molar-refractivity contribution is 0.483. The van der Waals surface area contributed by atoms with Crippen molar-refractivity contribution in [3.05, 3.63) is 242 Å². The van der Waals surface area contributed by atoms with Crippen LogP contribution in [0.2, 0.25) is 0 Å². The fourth-order valence-electron chi connectivity index (χ4n) is 10.5. The summed E-state index contributed by atoms with van der Waals surface area (Å²) >= 11 is 0. The third-order valence-electron chi connectivity index (χ3n) is 14.2. The van der Waals surface area contributed by atoms with Crippen molar-refractivity contribution in [2.24, 2.45) is 0 Å². The van der Waals surface area contributed by atoms with Crippen LogP contribution in [-0.2, 0) is 10.8 Å². The number of benzene rings is 9. The number of hydrogen-bond donors (Lipinski definition) is 0. The van der Waals surface area contributed by atoms with Gasteiger partial charge in [-0.1, -0.05) is 199 Å². The van der Waals surface area contributed by atoms with Crippen molar-refractivity contribution in [1.82, 2.24) is 9.55 Å². The first kappa shape index (κ1) is 42.1. The molecule has 2 aromatic heterocycles. The van der Waals surface area contributed by atoms with Crippen molar-refractivity contribution < 1.29 is 8.85 Å². The van der Waals surface area contributed by atoms with Crippen LogP contribution in [0.3, 0.4) is 0 Å². The molecule has 0 saturated heterocycles. The van der Waals surface area contributed by atoms with Crippen molar-refractivity contribution in [3.8, 4) is 61.8 Å². The van der Waals surface area contributed by atoms with Gasteiger partial charge in [-0.05, 0) is 104 Å². The number of para-hydroxylation sites is 4. The lowest BCUT2D eigenvalue weighted by Gasteiger charge is -2.28. The minimum absolute atomic E-state index is 0.00604. The van der Waals surface area contributed by atoms with Crippen LogP contribution in [0.5, 0.6) is 11.5 Å². The van der Waals surface area contributed by atoms with Gasteiger partial charge >= 0.3 is 0 Å². The second-order valence-corrected chi connectivity index (χ2v) is 21.1. The van der Waals surface area contributed by atoms with E-state index in [-0.39, 0.29) is 34.7 Å². The van der Waals surface area contributed by atoms with Crippen LogP contribution in [0.25, 0.3) is 72.1 Å². The molecule has 356 valence electrons. The van der Waals surface area contributed by atoms with E-state index in [9.17, 15) is 4.11 Å². The average molecular weight is 950 g/mol. The predicted molar refractivity (Wildman–Crippen MR) is 306 cm³/mol. The highest BCUT2D eigenvalue weighted by Gasteiger charge is 2.32. The normalized spacial score (nSPS) is 13.3. The second kappa shape index (κ2) is 18.2. The maximum absolute atomic E-state index is 9.51. The minimum Gasteiger partial charge on any atom is -0.457 e. The van der Waals surface area contributed by atoms with Crippen LogP contribution >= 0.6 is 0 Å². The van der Waals surface area contributed by atoms with Gasteiger partial charge in [0.2, 0.25) is 0 Å². The molecule has 73 heavy (non-hydrogen) atoms. The third-order valence-corrected chi connectivity index (χ3v) is 14.2. The molecule has 0 radical (unpaired) electrons. The molecule has 11 aromatic rings. The molecule has 0 amide bonds. The Morgan fingerprint density at radius 2 is 1.08 bits per heavy atom. The molecule has 5 nitrogen and oxygen atoms in total. The molecule has 0 saturated carbocycles. The highest BCUT2D eigenvalue weighted by molar-refractivity contribution is 6.09. The zero-order chi connectivity index (χ0) is 52.5. The summed E-state index contributed by atoms with van der Waals surface area (Å²) in [6.45, 7) is 13.8. The van der Waals surface area contributed by atoms with Crippen LogP contribution in [0.4, 0.5) is 22.7 Å². The van der Waals surface area contributed by atoms with Gasteiger partial charge in [-0.3, -0.25) is 4.57 Å². The molecular weight excluding hydrogens is 889 g/mol.